The highest BCUT2D eigenvalue weighted by Gasteiger charge is 2.24. The second-order valence-corrected chi connectivity index (χ2v) is 6.55. The van der Waals surface area contributed by atoms with Crippen LogP contribution in [0.1, 0.15) is 41.6 Å². The van der Waals surface area contributed by atoms with Gasteiger partial charge in [0, 0.05) is 36.0 Å². The van der Waals surface area contributed by atoms with Crippen LogP contribution < -0.4 is 10.1 Å². The molecule has 7 nitrogen and oxygen atoms in total. The second kappa shape index (κ2) is 7.95. The number of carbonyl (C=O) groups excluding carboxylic acids is 1. The van der Waals surface area contributed by atoms with Crippen molar-refractivity contribution in [1.82, 2.24) is 10.3 Å². The smallest absolute Gasteiger partial charge is 0.270 e. The summed E-state index contributed by atoms with van der Waals surface area (Å²) in [4.78, 5) is 26.9. The largest absolute Gasteiger partial charge is 0.474 e. The first kappa shape index (κ1) is 17.8. The number of non-ortho nitro benzene ring substituents is 1. The molecule has 26 heavy (non-hydrogen) atoms. The molecule has 1 heterocycles. The molecule has 1 aromatic heterocycles. The average Bonchev–Trinajstić information content (AvgIpc) is 2.65. The van der Waals surface area contributed by atoms with Crippen LogP contribution in [0, 0.1) is 17.0 Å². The lowest BCUT2D eigenvalue weighted by Gasteiger charge is -2.29. The fourth-order valence-corrected chi connectivity index (χ4v) is 3.05. The number of rotatable bonds is 5. The quantitative estimate of drug-likeness (QED) is 0.655. The summed E-state index contributed by atoms with van der Waals surface area (Å²) in [6.07, 6.45) is 5.13. The van der Waals surface area contributed by atoms with Crippen molar-refractivity contribution in [1.29, 1.82) is 0 Å². The number of nitro groups is 1. The van der Waals surface area contributed by atoms with E-state index in [4.69, 9.17) is 4.74 Å². The molecule has 136 valence electrons. The maximum Gasteiger partial charge on any atom is 0.270 e. The zero-order valence-electron chi connectivity index (χ0n) is 14.6. The van der Waals surface area contributed by atoms with Crippen LogP contribution in [0.2, 0.25) is 0 Å². The van der Waals surface area contributed by atoms with Crippen LogP contribution in [-0.4, -0.2) is 28.0 Å². The van der Waals surface area contributed by atoms with Gasteiger partial charge in [0.15, 0.2) is 0 Å². The monoisotopic (exact) mass is 355 g/mol. The average molecular weight is 355 g/mol. The van der Waals surface area contributed by atoms with Crippen LogP contribution in [0.5, 0.6) is 5.88 Å². The molecule has 0 aliphatic heterocycles. The van der Waals surface area contributed by atoms with Crippen LogP contribution >= 0.6 is 0 Å². The van der Waals surface area contributed by atoms with E-state index in [0.29, 0.717) is 11.4 Å². The molecule has 0 radical (unpaired) electrons. The highest BCUT2D eigenvalue weighted by atomic mass is 16.6. The van der Waals surface area contributed by atoms with Crippen molar-refractivity contribution >= 4 is 11.6 Å². The van der Waals surface area contributed by atoms with Gasteiger partial charge in [-0.3, -0.25) is 14.9 Å². The van der Waals surface area contributed by atoms with E-state index in [-0.39, 0.29) is 23.7 Å². The van der Waals surface area contributed by atoms with E-state index < -0.39 is 4.92 Å². The van der Waals surface area contributed by atoms with Crippen LogP contribution in [0.3, 0.4) is 0 Å². The third-order valence-corrected chi connectivity index (χ3v) is 4.50. The summed E-state index contributed by atoms with van der Waals surface area (Å²) in [7, 11) is 0. The van der Waals surface area contributed by atoms with Gasteiger partial charge >= 0.3 is 0 Å². The van der Waals surface area contributed by atoms with E-state index in [2.05, 4.69) is 10.3 Å². The topological polar surface area (TPSA) is 94.4 Å². The van der Waals surface area contributed by atoms with Gasteiger partial charge < -0.3 is 10.1 Å². The molecule has 1 aliphatic carbocycles. The molecule has 7 heteroatoms. The number of ether oxygens (including phenoxy) is 1. The van der Waals surface area contributed by atoms with Gasteiger partial charge in [0.25, 0.3) is 11.6 Å². The third-order valence-electron chi connectivity index (χ3n) is 4.50. The van der Waals surface area contributed by atoms with E-state index in [1.54, 1.807) is 12.3 Å². The molecule has 1 aliphatic rings. The van der Waals surface area contributed by atoms with Crippen LogP contribution in [0.15, 0.2) is 42.6 Å². The van der Waals surface area contributed by atoms with Crippen LogP contribution in [-0.2, 0) is 0 Å². The Bertz CT molecular complexity index is 784. The normalized spacial score (nSPS) is 19.6. The SMILES string of the molecule is Cc1ccc(OC2CCC(NC(=O)c3cccc([N+](=O)[O-])c3)CC2)nc1. The van der Waals surface area contributed by atoms with Crippen LogP contribution in [0.25, 0.3) is 0 Å². The van der Waals surface area contributed by atoms with Crippen molar-refractivity contribution in [3.8, 4) is 5.88 Å². The molecule has 1 saturated carbocycles. The van der Waals surface area contributed by atoms with E-state index in [9.17, 15) is 14.9 Å². The Morgan fingerprint density at radius 1 is 1.23 bits per heavy atom. The summed E-state index contributed by atoms with van der Waals surface area (Å²) in [5.74, 6) is 0.345. The molecule has 1 aromatic carbocycles. The predicted molar refractivity (Wildman–Crippen MR) is 96.2 cm³/mol. The van der Waals surface area contributed by atoms with Crippen LogP contribution in [0.4, 0.5) is 5.69 Å². The van der Waals surface area contributed by atoms with Crippen molar-refractivity contribution in [2.24, 2.45) is 0 Å². The minimum absolute atomic E-state index is 0.0487. The van der Waals surface area contributed by atoms with Crippen molar-refractivity contribution < 1.29 is 14.5 Å². The highest BCUT2D eigenvalue weighted by Crippen LogP contribution is 2.23. The molecule has 1 fully saturated rings. The Labute approximate surface area is 151 Å². The van der Waals surface area contributed by atoms with Crippen molar-refractivity contribution in [2.75, 3.05) is 0 Å². The van der Waals surface area contributed by atoms with Crippen molar-refractivity contribution in [2.45, 2.75) is 44.8 Å². The number of benzene rings is 1. The molecule has 0 bridgehead atoms. The third kappa shape index (κ3) is 4.56. The predicted octanol–water partition coefficient (Wildman–Crippen LogP) is 3.42. The first-order valence-corrected chi connectivity index (χ1v) is 8.66. The Balaban J connectivity index is 1.50. The summed E-state index contributed by atoms with van der Waals surface area (Å²) < 4.78 is 5.89. The Kier molecular flexibility index (Phi) is 5.46. The molecular formula is C19H21N3O4. The van der Waals surface area contributed by atoms with Gasteiger partial charge in [-0.25, -0.2) is 4.98 Å². The maximum absolute atomic E-state index is 12.3. The van der Waals surface area contributed by atoms with Gasteiger partial charge in [0.1, 0.15) is 6.10 Å². The summed E-state index contributed by atoms with van der Waals surface area (Å²) in [6.45, 7) is 1.98. The fraction of sp³-hybridized carbons (Fsp3) is 0.368. The Morgan fingerprint density at radius 2 is 2.00 bits per heavy atom. The molecule has 1 amide bonds. The molecule has 0 saturated heterocycles. The number of aryl methyl sites for hydroxylation is 1. The molecule has 0 spiro atoms. The first-order chi connectivity index (χ1) is 12.5. The standard InChI is InChI=1S/C19H21N3O4/c1-13-5-10-18(20-12-13)26-17-8-6-15(7-9-17)21-19(23)14-3-2-4-16(11-14)22(24)25/h2-5,10-12,15,17H,6-9H2,1H3,(H,21,23). The number of amides is 1. The van der Waals surface area contributed by atoms with E-state index >= 15 is 0 Å². The number of nitrogens with zero attached hydrogens (tertiary/aromatic N) is 2. The second-order valence-electron chi connectivity index (χ2n) is 6.55. The molecule has 3 rings (SSSR count). The molecule has 0 atom stereocenters. The fourth-order valence-electron chi connectivity index (χ4n) is 3.05. The Morgan fingerprint density at radius 3 is 2.65 bits per heavy atom. The summed E-state index contributed by atoms with van der Waals surface area (Å²) in [5.41, 5.74) is 1.31. The number of carbonyl (C=O) groups is 1. The number of aromatic nitrogens is 1. The van der Waals surface area contributed by atoms with Crippen molar-refractivity contribution in [3.63, 3.8) is 0 Å². The lowest BCUT2D eigenvalue weighted by atomic mass is 9.92. The van der Waals surface area contributed by atoms with Gasteiger partial charge in [-0.15, -0.1) is 0 Å². The van der Waals surface area contributed by atoms with Gasteiger partial charge in [0.05, 0.1) is 4.92 Å². The zero-order chi connectivity index (χ0) is 18.5. The molecule has 1 N–H and O–H groups in total. The maximum atomic E-state index is 12.3. The molecular weight excluding hydrogens is 334 g/mol. The highest BCUT2D eigenvalue weighted by molar-refractivity contribution is 5.95. The lowest BCUT2D eigenvalue weighted by molar-refractivity contribution is -0.384. The number of hydrogen-bond acceptors (Lipinski definition) is 5. The zero-order valence-corrected chi connectivity index (χ0v) is 14.6. The van der Waals surface area contributed by atoms with Gasteiger partial charge in [-0.2, -0.15) is 0 Å². The van der Waals surface area contributed by atoms with Gasteiger partial charge in [-0.05, 0) is 44.2 Å². The number of nitro benzene ring substituents is 1. The Hall–Kier alpha value is -2.96. The molecule has 2 aromatic rings. The van der Waals surface area contributed by atoms with E-state index in [1.165, 1.54) is 18.2 Å². The van der Waals surface area contributed by atoms with Crippen molar-refractivity contribution in [3.05, 3.63) is 63.8 Å². The lowest BCUT2D eigenvalue weighted by Crippen LogP contribution is -2.39. The summed E-state index contributed by atoms with van der Waals surface area (Å²) in [5, 5.41) is 13.8. The summed E-state index contributed by atoms with van der Waals surface area (Å²) in [6, 6.07) is 9.66. The number of nitrogens with one attached hydrogen (secondary N) is 1. The van der Waals surface area contributed by atoms with Gasteiger partial charge in [-0.1, -0.05) is 12.1 Å². The number of hydrogen-bond donors (Lipinski definition) is 1. The van der Waals surface area contributed by atoms with E-state index in [0.717, 1.165) is 31.2 Å². The summed E-state index contributed by atoms with van der Waals surface area (Å²) >= 11 is 0. The molecule has 0 unspecified atom stereocenters. The number of pyridine rings is 1. The van der Waals surface area contributed by atoms with Gasteiger partial charge in [0.2, 0.25) is 5.88 Å². The minimum Gasteiger partial charge on any atom is -0.474 e. The minimum atomic E-state index is -0.502. The van der Waals surface area contributed by atoms with E-state index in [1.807, 2.05) is 19.1 Å². The first-order valence-electron chi connectivity index (χ1n) is 8.66.